The third kappa shape index (κ3) is 3.02. The molecule has 0 spiro atoms. The molecule has 1 N–H and O–H groups in total. The van der Waals surface area contributed by atoms with E-state index in [0.717, 1.165) is 0 Å². The van der Waals surface area contributed by atoms with Gasteiger partial charge < -0.3 is 5.11 Å². The second-order valence-corrected chi connectivity index (χ2v) is 5.21. The van der Waals surface area contributed by atoms with Crippen LogP contribution in [0.5, 0.6) is 0 Å². The number of carbonyl (C=O) groups is 2. The van der Waals surface area contributed by atoms with Gasteiger partial charge in [-0.05, 0) is 5.92 Å². The first-order valence-electron chi connectivity index (χ1n) is 5.30. The van der Waals surface area contributed by atoms with Gasteiger partial charge in [0.05, 0.1) is 0 Å². The molecule has 0 aromatic rings. The molecule has 0 bridgehead atoms. The quantitative estimate of drug-likeness (QED) is 0.705. The van der Waals surface area contributed by atoms with E-state index in [-0.39, 0.29) is 24.3 Å². The molecule has 0 saturated carbocycles. The highest BCUT2D eigenvalue weighted by molar-refractivity contribution is 5.97. The predicted molar refractivity (Wildman–Crippen MR) is 56.0 cm³/mol. The fraction of sp³-hybridized carbons (Fsp3) is 0.818. The first-order valence-corrected chi connectivity index (χ1v) is 5.30. The Morgan fingerprint density at radius 2 is 1.80 bits per heavy atom. The largest absolute Gasteiger partial charge is 0.396 e. The fourth-order valence-corrected chi connectivity index (χ4v) is 1.68. The minimum absolute atomic E-state index is 0.0282. The van der Waals surface area contributed by atoms with Crippen molar-refractivity contribution in [1.29, 1.82) is 0 Å². The standard InChI is InChI=1S/C11H19NO3/c1-8-4-9(14)12(10(15)5-8)6-11(2,3)7-13/h8,13H,4-7H2,1-3H3. The molecular formula is C11H19NO3. The number of amides is 2. The lowest BCUT2D eigenvalue weighted by Gasteiger charge is -2.34. The van der Waals surface area contributed by atoms with Crippen LogP contribution in [0, 0.1) is 11.3 Å². The predicted octanol–water partition coefficient (Wildman–Crippen LogP) is 0.790. The molecule has 0 unspecified atom stereocenters. The molecule has 1 saturated heterocycles. The molecule has 1 rings (SSSR count). The molecule has 0 atom stereocenters. The van der Waals surface area contributed by atoms with Gasteiger partial charge in [0.25, 0.3) is 0 Å². The van der Waals surface area contributed by atoms with Crippen LogP contribution < -0.4 is 0 Å². The van der Waals surface area contributed by atoms with Gasteiger partial charge in [-0.15, -0.1) is 0 Å². The SMILES string of the molecule is CC1CC(=O)N(CC(C)(C)CO)C(=O)C1. The molecular weight excluding hydrogens is 194 g/mol. The summed E-state index contributed by atoms with van der Waals surface area (Å²) in [5, 5.41) is 9.10. The van der Waals surface area contributed by atoms with Crippen LogP contribution in [-0.4, -0.2) is 35.0 Å². The first kappa shape index (κ1) is 12.2. The summed E-state index contributed by atoms with van der Waals surface area (Å²) in [5.41, 5.74) is -0.411. The number of piperidine rings is 1. The smallest absolute Gasteiger partial charge is 0.229 e. The molecule has 0 aromatic heterocycles. The van der Waals surface area contributed by atoms with Gasteiger partial charge in [0.1, 0.15) is 0 Å². The van der Waals surface area contributed by atoms with E-state index in [9.17, 15) is 9.59 Å². The maximum Gasteiger partial charge on any atom is 0.229 e. The first-order chi connectivity index (χ1) is 6.85. The Labute approximate surface area is 90.3 Å². The molecule has 4 nitrogen and oxygen atoms in total. The van der Waals surface area contributed by atoms with Crippen molar-refractivity contribution in [3.05, 3.63) is 0 Å². The maximum atomic E-state index is 11.6. The van der Waals surface area contributed by atoms with E-state index < -0.39 is 5.41 Å². The number of hydrogen-bond acceptors (Lipinski definition) is 3. The zero-order valence-electron chi connectivity index (χ0n) is 9.62. The molecule has 0 aliphatic carbocycles. The van der Waals surface area contributed by atoms with Crippen molar-refractivity contribution >= 4 is 11.8 Å². The zero-order valence-corrected chi connectivity index (χ0v) is 9.62. The van der Waals surface area contributed by atoms with Crippen molar-refractivity contribution in [3.63, 3.8) is 0 Å². The van der Waals surface area contributed by atoms with E-state index in [1.165, 1.54) is 4.90 Å². The zero-order chi connectivity index (χ0) is 11.6. The summed E-state index contributed by atoms with van der Waals surface area (Å²) in [7, 11) is 0. The van der Waals surface area contributed by atoms with E-state index in [0.29, 0.717) is 19.4 Å². The molecule has 1 aliphatic rings. The molecule has 1 aliphatic heterocycles. The van der Waals surface area contributed by atoms with Gasteiger partial charge in [-0.3, -0.25) is 14.5 Å². The summed E-state index contributed by atoms with van der Waals surface area (Å²) in [6, 6.07) is 0. The summed E-state index contributed by atoms with van der Waals surface area (Å²) in [6.45, 7) is 5.87. The highest BCUT2D eigenvalue weighted by Crippen LogP contribution is 2.23. The Morgan fingerprint density at radius 1 is 1.33 bits per heavy atom. The van der Waals surface area contributed by atoms with Crippen LogP contribution in [-0.2, 0) is 9.59 Å². The summed E-state index contributed by atoms with van der Waals surface area (Å²) in [6.07, 6.45) is 0.875. The van der Waals surface area contributed by atoms with E-state index >= 15 is 0 Å². The van der Waals surface area contributed by atoms with E-state index in [4.69, 9.17) is 5.11 Å². The molecule has 15 heavy (non-hydrogen) atoms. The summed E-state index contributed by atoms with van der Waals surface area (Å²) >= 11 is 0. The number of nitrogens with zero attached hydrogens (tertiary/aromatic N) is 1. The average molecular weight is 213 g/mol. The lowest BCUT2D eigenvalue weighted by Crippen LogP contribution is -2.47. The summed E-state index contributed by atoms with van der Waals surface area (Å²) in [5.74, 6) is -0.0703. The van der Waals surface area contributed by atoms with Gasteiger partial charge in [0.15, 0.2) is 0 Å². The normalized spacial score (nSPS) is 19.9. The number of carbonyl (C=O) groups excluding carboxylic acids is 2. The Bertz CT molecular complexity index is 255. The number of rotatable bonds is 3. The van der Waals surface area contributed by atoms with Crippen LogP contribution in [0.25, 0.3) is 0 Å². The second-order valence-electron chi connectivity index (χ2n) is 5.21. The van der Waals surface area contributed by atoms with Crippen molar-refractivity contribution in [1.82, 2.24) is 4.90 Å². The molecule has 0 radical (unpaired) electrons. The average Bonchev–Trinajstić information content (AvgIpc) is 2.11. The highest BCUT2D eigenvalue weighted by atomic mass is 16.3. The van der Waals surface area contributed by atoms with Gasteiger partial charge in [-0.2, -0.15) is 0 Å². The van der Waals surface area contributed by atoms with Crippen LogP contribution in [0.4, 0.5) is 0 Å². The molecule has 2 amide bonds. The summed E-state index contributed by atoms with van der Waals surface area (Å²) < 4.78 is 0. The van der Waals surface area contributed by atoms with Gasteiger partial charge in [-0.25, -0.2) is 0 Å². The molecule has 86 valence electrons. The summed E-state index contributed by atoms with van der Waals surface area (Å²) in [4.78, 5) is 24.6. The minimum Gasteiger partial charge on any atom is -0.396 e. The number of aliphatic hydroxyl groups excluding tert-OH is 1. The van der Waals surface area contributed by atoms with Crippen LogP contribution in [0.1, 0.15) is 33.6 Å². The van der Waals surface area contributed by atoms with E-state index in [1.807, 2.05) is 20.8 Å². The van der Waals surface area contributed by atoms with E-state index in [1.54, 1.807) is 0 Å². The van der Waals surface area contributed by atoms with Crippen LogP contribution in [0.15, 0.2) is 0 Å². The van der Waals surface area contributed by atoms with E-state index in [2.05, 4.69) is 0 Å². The van der Waals surface area contributed by atoms with Crippen LogP contribution in [0.2, 0.25) is 0 Å². The van der Waals surface area contributed by atoms with Crippen LogP contribution >= 0.6 is 0 Å². The molecule has 1 fully saturated rings. The van der Waals surface area contributed by atoms with Crippen molar-refractivity contribution < 1.29 is 14.7 Å². The Kier molecular flexibility index (Phi) is 3.50. The monoisotopic (exact) mass is 213 g/mol. The third-order valence-electron chi connectivity index (χ3n) is 2.66. The highest BCUT2D eigenvalue weighted by Gasteiger charge is 2.33. The lowest BCUT2D eigenvalue weighted by molar-refractivity contribution is -0.151. The topological polar surface area (TPSA) is 57.6 Å². The number of hydrogen-bond donors (Lipinski definition) is 1. The number of imide groups is 1. The Morgan fingerprint density at radius 3 is 2.20 bits per heavy atom. The van der Waals surface area contributed by atoms with Gasteiger partial charge in [0, 0.05) is 31.4 Å². The second kappa shape index (κ2) is 4.31. The van der Waals surface area contributed by atoms with Gasteiger partial charge >= 0.3 is 0 Å². The van der Waals surface area contributed by atoms with Crippen molar-refractivity contribution in [2.45, 2.75) is 33.6 Å². The van der Waals surface area contributed by atoms with Crippen molar-refractivity contribution in [3.8, 4) is 0 Å². The maximum absolute atomic E-state index is 11.6. The Balaban J connectivity index is 2.69. The molecule has 4 heteroatoms. The number of likely N-dealkylation sites (tertiary alicyclic amines) is 1. The number of aliphatic hydroxyl groups is 1. The van der Waals surface area contributed by atoms with Crippen LogP contribution in [0.3, 0.4) is 0 Å². The van der Waals surface area contributed by atoms with Gasteiger partial charge in [0.2, 0.25) is 11.8 Å². The van der Waals surface area contributed by atoms with Crippen molar-refractivity contribution in [2.24, 2.45) is 11.3 Å². The molecule has 0 aromatic carbocycles. The Hall–Kier alpha value is -0.900. The van der Waals surface area contributed by atoms with Crippen molar-refractivity contribution in [2.75, 3.05) is 13.2 Å². The molecule has 1 heterocycles. The van der Waals surface area contributed by atoms with Gasteiger partial charge in [-0.1, -0.05) is 20.8 Å². The fourth-order valence-electron chi connectivity index (χ4n) is 1.68. The lowest BCUT2D eigenvalue weighted by atomic mass is 9.91. The third-order valence-corrected chi connectivity index (χ3v) is 2.66. The minimum atomic E-state index is -0.411.